The van der Waals surface area contributed by atoms with Gasteiger partial charge in [-0.2, -0.15) is 10.4 Å². The molecule has 2 fully saturated rings. The molecule has 2 aromatic heterocycles. The molecule has 0 amide bonds. The normalized spacial score (nSPS) is 22.8. The molecule has 4 rings (SSSR count). The first kappa shape index (κ1) is 16.4. The van der Waals surface area contributed by atoms with Crippen molar-refractivity contribution in [3.63, 3.8) is 0 Å². The number of hydrogen-bond acceptors (Lipinski definition) is 5. The highest BCUT2D eigenvalue weighted by atomic mass is 19.3. The SMILES string of the molecule is Cc1c(Cn2cc(C(=O)O)cn2)cnc(N2CC3C(C2)C3(F)F)c1C#N. The summed E-state index contributed by atoms with van der Waals surface area (Å²) >= 11 is 0. The summed E-state index contributed by atoms with van der Waals surface area (Å²) in [7, 11) is 0. The lowest BCUT2D eigenvalue weighted by Crippen LogP contribution is -2.29. The number of hydrogen-bond donors (Lipinski definition) is 1. The minimum Gasteiger partial charge on any atom is -0.478 e. The maximum Gasteiger partial charge on any atom is 0.338 e. The van der Waals surface area contributed by atoms with Crippen LogP contribution in [0.25, 0.3) is 0 Å². The molecule has 1 saturated carbocycles. The summed E-state index contributed by atoms with van der Waals surface area (Å²) in [5.74, 6) is -4.50. The van der Waals surface area contributed by atoms with Crippen LogP contribution in [0.15, 0.2) is 18.6 Å². The maximum absolute atomic E-state index is 13.4. The van der Waals surface area contributed by atoms with Gasteiger partial charge in [0.05, 0.1) is 35.7 Å². The van der Waals surface area contributed by atoms with Crippen LogP contribution in [0.1, 0.15) is 27.0 Å². The number of aromatic nitrogens is 3. The van der Waals surface area contributed by atoms with E-state index in [4.69, 9.17) is 5.11 Å². The number of rotatable bonds is 4. The number of anilines is 1. The molecule has 1 N–H and O–H groups in total. The Balaban J connectivity index is 1.59. The Morgan fingerprint density at radius 1 is 1.42 bits per heavy atom. The van der Waals surface area contributed by atoms with Gasteiger partial charge in [0.1, 0.15) is 11.9 Å². The van der Waals surface area contributed by atoms with Crippen molar-refractivity contribution >= 4 is 11.8 Å². The van der Waals surface area contributed by atoms with E-state index in [-0.39, 0.29) is 25.2 Å². The Bertz CT molecular complexity index is 935. The Morgan fingerprint density at radius 3 is 2.69 bits per heavy atom. The van der Waals surface area contributed by atoms with Crippen LogP contribution in [-0.4, -0.2) is 44.9 Å². The van der Waals surface area contributed by atoms with E-state index in [0.717, 1.165) is 5.56 Å². The van der Waals surface area contributed by atoms with Crippen molar-refractivity contribution in [3.05, 3.63) is 40.8 Å². The van der Waals surface area contributed by atoms with Gasteiger partial charge in [0.2, 0.25) is 0 Å². The molecule has 0 aromatic carbocycles. The number of piperidine rings is 1. The Kier molecular flexibility index (Phi) is 3.47. The van der Waals surface area contributed by atoms with Gasteiger partial charge in [-0.1, -0.05) is 0 Å². The van der Waals surface area contributed by atoms with E-state index in [9.17, 15) is 18.8 Å². The van der Waals surface area contributed by atoms with Gasteiger partial charge in [-0.05, 0) is 18.1 Å². The number of carboxylic acids is 1. The fourth-order valence-corrected chi connectivity index (χ4v) is 3.58. The predicted molar refractivity (Wildman–Crippen MR) is 86.1 cm³/mol. The molecule has 26 heavy (non-hydrogen) atoms. The van der Waals surface area contributed by atoms with Gasteiger partial charge < -0.3 is 10.0 Å². The smallest absolute Gasteiger partial charge is 0.338 e. The van der Waals surface area contributed by atoms with Crippen LogP contribution in [-0.2, 0) is 6.54 Å². The molecule has 1 aliphatic carbocycles. The Morgan fingerprint density at radius 2 is 2.12 bits per heavy atom. The first-order chi connectivity index (χ1) is 12.3. The minimum atomic E-state index is -2.58. The third-order valence-corrected chi connectivity index (χ3v) is 5.25. The Labute approximate surface area is 147 Å². The van der Waals surface area contributed by atoms with E-state index in [1.165, 1.54) is 17.1 Å². The van der Waals surface area contributed by atoms with E-state index in [0.29, 0.717) is 16.9 Å². The summed E-state index contributed by atoms with van der Waals surface area (Å²) in [6.07, 6.45) is 4.24. The van der Waals surface area contributed by atoms with Crippen LogP contribution < -0.4 is 4.90 Å². The fourth-order valence-electron chi connectivity index (χ4n) is 3.58. The average molecular weight is 359 g/mol. The van der Waals surface area contributed by atoms with Crippen LogP contribution >= 0.6 is 0 Å². The first-order valence-electron chi connectivity index (χ1n) is 8.10. The van der Waals surface area contributed by atoms with Crippen molar-refractivity contribution in [1.82, 2.24) is 14.8 Å². The molecular weight excluding hydrogens is 344 g/mol. The van der Waals surface area contributed by atoms with E-state index < -0.39 is 23.7 Å². The quantitative estimate of drug-likeness (QED) is 0.896. The van der Waals surface area contributed by atoms with Crippen LogP contribution in [0.2, 0.25) is 0 Å². The third-order valence-electron chi connectivity index (χ3n) is 5.25. The number of fused-ring (bicyclic) bond motifs is 1. The van der Waals surface area contributed by atoms with Crippen molar-refractivity contribution in [3.8, 4) is 6.07 Å². The number of halogens is 2. The standard InChI is InChI=1S/C17H15F2N5O2/c1-9-10(5-24-6-11(4-22-24)16(25)26)3-21-15(12(9)2-20)23-7-13-14(8-23)17(13,18)19/h3-4,6,13-14H,5,7-8H2,1H3,(H,25,26). The van der Waals surface area contributed by atoms with Crippen molar-refractivity contribution < 1.29 is 18.7 Å². The number of carbonyl (C=O) groups is 1. The summed E-state index contributed by atoms with van der Waals surface area (Å²) < 4.78 is 28.2. The van der Waals surface area contributed by atoms with E-state index in [1.54, 1.807) is 18.0 Å². The highest BCUT2D eigenvalue weighted by Gasteiger charge is 2.71. The van der Waals surface area contributed by atoms with Gasteiger partial charge >= 0.3 is 5.97 Å². The average Bonchev–Trinajstić information content (AvgIpc) is 3.05. The molecule has 2 atom stereocenters. The molecule has 1 aliphatic heterocycles. The van der Waals surface area contributed by atoms with Crippen molar-refractivity contribution in [1.29, 1.82) is 5.26 Å². The zero-order valence-electron chi connectivity index (χ0n) is 13.9. The first-order valence-corrected chi connectivity index (χ1v) is 8.10. The fraction of sp³-hybridized carbons (Fsp3) is 0.412. The lowest BCUT2D eigenvalue weighted by molar-refractivity contribution is 0.0696. The van der Waals surface area contributed by atoms with E-state index in [1.807, 2.05) is 0 Å². The largest absolute Gasteiger partial charge is 0.478 e. The molecule has 7 nitrogen and oxygen atoms in total. The molecular formula is C17H15F2N5O2. The van der Waals surface area contributed by atoms with Gasteiger partial charge in [-0.25, -0.2) is 18.6 Å². The summed E-state index contributed by atoms with van der Waals surface area (Å²) in [4.78, 5) is 17.0. The number of nitrogens with zero attached hydrogens (tertiary/aromatic N) is 5. The van der Waals surface area contributed by atoms with Crippen molar-refractivity contribution in [2.75, 3.05) is 18.0 Å². The predicted octanol–water partition coefficient (Wildman–Crippen LogP) is 1.91. The van der Waals surface area contributed by atoms with E-state index >= 15 is 0 Å². The van der Waals surface area contributed by atoms with Gasteiger partial charge in [-0.3, -0.25) is 4.68 Å². The maximum atomic E-state index is 13.4. The second-order valence-corrected chi connectivity index (χ2v) is 6.74. The molecule has 0 bridgehead atoms. The van der Waals surface area contributed by atoms with Crippen LogP contribution in [0.4, 0.5) is 14.6 Å². The lowest BCUT2D eigenvalue weighted by atomic mass is 10.1. The molecule has 2 unspecified atom stereocenters. The summed E-state index contributed by atoms with van der Waals surface area (Å²) in [6.45, 7) is 2.45. The molecule has 1 saturated heterocycles. The lowest BCUT2D eigenvalue weighted by Gasteiger charge is -2.23. The third kappa shape index (κ3) is 2.41. The molecule has 0 radical (unpaired) electrons. The molecule has 2 aliphatic rings. The van der Waals surface area contributed by atoms with Gasteiger partial charge in [-0.15, -0.1) is 0 Å². The number of carboxylic acid groups (broad SMARTS) is 1. The molecule has 134 valence electrons. The zero-order chi connectivity index (χ0) is 18.6. The number of alkyl halides is 2. The van der Waals surface area contributed by atoms with Crippen molar-refractivity contribution in [2.45, 2.75) is 19.4 Å². The number of pyridine rings is 1. The zero-order valence-corrected chi connectivity index (χ0v) is 13.9. The van der Waals surface area contributed by atoms with Crippen molar-refractivity contribution in [2.24, 2.45) is 11.8 Å². The molecule has 0 spiro atoms. The van der Waals surface area contributed by atoms with Crippen LogP contribution in [0.5, 0.6) is 0 Å². The van der Waals surface area contributed by atoms with E-state index in [2.05, 4.69) is 16.2 Å². The summed E-state index contributed by atoms with van der Waals surface area (Å²) in [5.41, 5.74) is 1.85. The highest BCUT2D eigenvalue weighted by Crippen LogP contribution is 2.59. The van der Waals surface area contributed by atoms with Gasteiger partial charge in [0.15, 0.2) is 0 Å². The molecule has 2 aromatic rings. The van der Waals surface area contributed by atoms with Gasteiger partial charge in [0, 0.05) is 25.5 Å². The number of aromatic carboxylic acids is 1. The Hall–Kier alpha value is -3.02. The second-order valence-electron chi connectivity index (χ2n) is 6.74. The van der Waals surface area contributed by atoms with Gasteiger partial charge in [0.25, 0.3) is 5.92 Å². The monoisotopic (exact) mass is 359 g/mol. The second kappa shape index (κ2) is 5.49. The minimum absolute atomic E-state index is 0.0740. The van der Waals surface area contributed by atoms with Crippen LogP contribution in [0.3, 0.4) is 0 Å². The van der Waals surface area contributed by atoms with Crippen LogP contribution in [0, 0.1) is 30.1 Å². The molecule has 3 heterocycles. The number of nitriles is 1. The molecule has 9 heteroatoms. The highest BCUT2D eigenvalue weighted by molar-refractivity contribution is 5.86. The summed E-state index contributed by atoms with van der Waals surface area (Å²) in [5, 5.41) is 22.5. The topological polar surface area (TPSA) is 95.0 Å². The summed E-state index contributed by atoms with van der Waals surface area (Å²) in [6, 6.07) is 2.13.